The lowest BCUT2D eigenvalue weighted by atomic mass is 10.2. The van der Waals surface area contributed by atoms with Crippen LogP contribution < -0.4 is 4.90 Å². The van der Waals surface area contributed by atoms with Gasteiger partial charge in [0, 0.05) is 37.7 Å². The van der Waals surface area contributed by atoms with Crippen molar-refractivity contribution in [2.45, 2.75) is 6.54 Å². The first-order chi connectivity index (χ1) is 13.5. The number of carbonyl (C=O) groups excluding carboxylic acids is 2. The molecule has 0 aromatic heterocycles. The number of imide groups is 1. The molecule has 2 aliphatic heterocycles. The zero-order valence-corrected chi connectivity index (χ0v) is 16.7. The fraction of sp³-hybridized carbons (Fsp3) is 0.238. The van der Waals surface area contributed by atoms with Crippen LogP contribution in [0.1, 0.15) is 5.56 Å². The molecular formula is C21H19Cl2N3O2. The maximum absolute atomic E-state index is 13.0. The Morgan fingerprint density at radius 1 is 0.821 bits per heavy atom. The summed E-state index contributed by atoms with van der Waals surface area (Å²) in [7, 11) is 0. The third-order valence-corrected chi connectivity index (χ3v) is 5.58. The second kappa shape index (κ2) is 7.95. The van der Waals surface area contributed by atoms with Gasteiger partial charge in [0.15, 0.2) is 0 Å². The molecule has 1 fully saturated rings. The van der Waals surface area contributed by atoms with Gasteiger partial charge in [-0.05, 0) is 23.8 Å². The van der Waals surface area contributed by atoms with E-state index in [0.29, 0.717) is 23.8 Å². The topological polar surface area (TPSA) is 43.9 Å². The lowest BCUT2D eigenvalue weighted by Crippen LogP contribution is -2.47. The van der Waals surface area contributed by atoms with Gasteiger partial charge in [-0.2, -0.15) is 0 Å². The first-order valence-electron chi connectivity index (χ1n) is 9.10. The number of rotatable bonds is 4. The van der Waals surface area contributed by atoms with Crippen LogP contribution in [0.15, 0.2) is 65.3 Å². The average molecular weight is 416 g/mol. The van der Waals surface area contributed by atoms with Crippen molar-refractivity contribution in [3.63, 3.8) is 0 Å². The predicted octanol–water partition coefficient (Wildman–Crippen LogP) is 3.48. The van der Waals surface area contributed by atoms with Crippen molar-refractivity contribution in [3.05, 3.63) is 75.9 Å². The quantitative estimate of drug-likeness (QED) is 0.716. The fourth-order valence-electron chi connectivity index (χ4n) is 3.59. The summed E-state index contributed by atoms with van der Waals surface area (Å²) in [5.74, 6) is -0.899. The molecule has 2 aromatic carbocycles. The highest BCUT2D eigenvalue weighted by molar-refractivity contribution is 6.52. The third-order valence-electron chi connectivity index (χ3n) is 5.01. The van der Waals surface area contributed by atoms with E-state index < -0.39 is 11.8 Å². The van der Waals surface area contributed by atoms with Gasteiger partial charge >= 0.3 is 0 Å². The average Bonchev–Trinajstić information content (AvgIpc) is 2.92. The molecule has 2 amide bonds. The summed E-state index contributed by atoms with van der Waals surface area (Å²) >= 11 is 12.3. The van der Waals surface area contributed by atoms with Crippen LogP contribution in [0.3, 0.4) is 0 Å². The Hall–Kier alpha value is -2.34. The molecule has 2 heterocycles. The van der Waals surface area contributed by atoms with Crippen LogP contribution in [0.5, 0.6) is 0 Å². The molecule has 7 heteroatoms. The number of carbonyl (C=O) groups is 2. The van der Waals surface area contributed by atoms with E-state index >= 15 is 0 Å². The number of nitrogens with zero attached hydrogens (tertiary/aromatic N) is 3. The molecule has 0 unspecified atom stereocenters. The molecule has 0 N–H and O–H groups in total. The lowest BCUT2D eigenvalue weighted by Gasteiger charge is -2.36. The van der Waals surface area contributed by atoms with Crippen molar-refractivity contribution in [3.8, 4) is 0 Å². The second-order valence-corrected chi connectivity index (χ2v) is 7.65. The van der Waals surface area contributed by atoms with Gasteiger partial charge < -0.3 is 4.90 Å². The van der Waals surface area contributed by atoms with Crippen LogP contribution in [-0.2, 0) is 16.1 Å². The molecule has 4 rings (SSSR count). The number of halogens is 2. The van der Waals surface area contributed by atoms with Gasteiger partial charge in [0.05, 0.1) is 5.69 Å². The monoisotopic (exact) mass is 415 g/mol. The number of hydrogen-bond acceptors (Lipinski definition) is 4. The van der Waals surface area contributed by atoms with Crippen molar-refractivity contribution < 1.29 is 9.59 Å². The lowest BCUT2D eigenvalue weighted by molar-refractivity contribution is -0.121. The molecule has 1 saturated heterocycles. The standard InChI is InChI=1S/C21H19Cl2N3O2/c22-16-7-4-8-17(13-16)26-20(27)18(23)19(21(26)28)25-11-9-24(10-12-25)14-15-5-2-1-3-6-15/h1-8,13H,9-12,14H2. The number of amides is 2. The molecule has 0 aliphatic carbocycles. The first kappa shape index (κ1) is 19.0. The Morgan fingerprint density at radius 2 is 1.54 bits per heavy atom. The van der Waals surface area contributed by atoms with Crippen molar-refractivity contribution in [1.82, 2.24) is 9.80 Å². The molecule has 2 aliphatic rings. The summed E-state index contributed by atoms with van der Waals surface area (Å²) in [5, 5.41) is 0.429. The maximum Gasteiger partial charge on any atom is 0.283 e. The Morgan fingerprint density at radius 3 is 2.21 bits per heavy atom. The molecule has 5 nitrogen and oxygen atoms in total. The summed E-state index contributed by atoms with van der Waals surface area (Å²) in [6.45, 7) is 3.73. The van der Waals surface area contributed by atoms with Crippen LogP contribution >= 0.6 is 23.2 Å². The Kier molecular flexibility index (Phi) is 5.40. The van der Waals surface area contributed by atoms with Gasteiger partial charge in [0.1, 0.15) is 10.7 Å². The van der Waals surface area contributed by atoms with Crippen molar-refractivity contribution >= 4 is 40.7 Å². The Balaban J connectivity index is 1.46. The van der Waals surface area contributed by atoms with Gasteiger partial charge in [-0.3, -0.25) is 14.5 Å². The summed E-state index contributed by atoms with van der Waals surface area (Å²) in [6.07, 6.45) is 0. The van der Waals surface area contributed by atoms with Gasteiger partial charge in [0.25, 0.3) is 11.8 Å². The van der Waals surface area contributed by atoms with Crippen LogP contribution in [0.4, 0.5) is 5.69 Å². The molecule has 0 spiro atoms. The van der Waals surface area contributed by atoms with E-state index in [4.69, 9.17) is 23.2 Å². The van der Waals surface area contributed by atoms with Crippen molar-refractivity contribution in [2.75, 3.05) is 31.1 Å². The van der Waals surface area contributed by atoms with E-state index in [1.54, 1.807) is 24.3 Å². The minimum atomic E-state index is -0.504. The first-order valence-corrected chi connectivity index (χ1v) is 9.85. The molecule has 0 saturated carbocycles. The SMILES string of the molecule is O=C1C(Cl)=C(N2CCN(Cc3ccccc3)CC2)C(=O)N1c1cccc(Cl)c1. The largest absolute Gasteiger partial charge is 0.363 e. The molecule has 28 heavy (non-hydrogen) atoms. The number of piperazine rings is 1. The number of hydrogen-bond donors (Lipinski definition) is 0. The van der Waals surface area contributed by atoms with Crippen LogP contribution in [0.2, 0.25) is 5.02 Å². The van der Waals surface area contributed by atoms with E-state index in [0.717, 1.165) is 24.5 Å². The van der Waals surface area contributed by atoms with E-state index in [-0.39, 0.29) is 10.7 Å². The highest BCUT2D eigenvalue weighted by atomic mass is 35.5. The number of anilines is 1. The highest BCUT2D eigenvalue weighted by Crippen LogP contribution is 2.32. The summed E-state index contributed by atoms with van der Waals surface area (Å²) in [4.78, 5) is 30.9. The van der Waals surface area contributed by atoms with Gasteiger partial charge in [0.2, 0.25) is 0 Å². The van der Waals surface area contributed by atoms with Gasteiger partial charge in [-0.15, -0.1) is 0 Å². The van der Waals surface area contributed by atoms with Crippen LogP contribution in [-0.4, -0.2) is 47.8 Å². The molecule has 0 radical (unpaired) electrons. The van der Waals surface area contributed by atoms with E-state index in [1.165, 1.54) is 5.56 Å². The Labute approximate surface area is 173 Å². The van der Waals surface area contributed by atoms with Crippen molar-refractivity contribution in [2.24, 2.45) is 0 Å². The van der Waals surface area contributed by atoms with E-state index in [9.17, 15) is 9.59 Å². The minimum Gasteiger partial charge on any atom is -0.363 e. The zero-order valence-electron chi connectivity index (χ0n) is 15.1. The zero-order chi connectivity index (χ0) is 19.7. The Bertz CT molecular complexity index is 938. The molecule has 144 valence electrons. The number of benzene rings is 2. The van der Waals surface area contributed by atoms with Crippen LogP contribution in [0.25, 0.3) is 0 Å². The van der Waals surface area contributed by atoms with Gasteiger partial charge in [-0.1, -0.05) is 59.6 Å². The molecule has 2 aromatic rings. The highest BCUT2D eigenvalue weighted by Gasteiger charge is 2.41. The fourth-order valence-corrected chi connectivity index (χ4v) is 4.06. The third kappa shape index (κ3) is 3.65. The smallest absolute Gasteiger partial charge is 0.283 e. The molecule has 0 atom stereocenters. The minimum absolute atomic E-state index is 0.0264. The van der Waals surface area contributed by atoms with Gasteiger partial charge in [-0.25, -0.2) is 4.90 Å². The maximum atomic E-state index is 13.0. The molecule has 0 bridgehead atoms. The van der Waals surface area contributed by atoms with E-state index in [2.05, 4.69) is 17.0 Å². The predicted molar refractivity (Wildman–Crippen MR) is 110 cm³/mol. The summed E-state index contributed by atoms with van der Waals surface area (Å²) in [5.41, 5.74) is 1.97. The van der Waals surface area contributed by atoms with Crippen LogP contribution in [0, 0.1) is 0 Å². The second-order valence-electron chi connectivity index (χ2n) is 6.84. The summed E-state index contributed by atoms with van der Waals surface area (Å²) in [6, 6.07) is 16.9. The normalized spacial score (nSPS) is 18.4. The molecular weight excluding hydrogens is 397 g/mol. The van der Waals surface area contributed by atoms with E-state index in [1.807, 2.05) is 23.1 Å². The summed E-state index contributed by atoms with van der Waals surface area (Å²) < 4.78 is 0. The van der Waals surface area contributed by atoms with Crippen molar-refractivity contribution in [1.29, 1.82) is 0 Å².